The largest absolute Gasteiger partial charge is 0.506 e. The highest BCUT2D eigenvalue weighted by molar-refractivity contribution is 6.36. The maximum absolute atomic E-state index is 9.40. The molecule has 0 unspecified atom stereocenters. The molecule has 0 amide bonds. The molecule has 1 aromatic heterocycles. The monoisotopic (exact) mass is 254 g/mol. The van der Waals surface area contributed by atoms with E-state index >= 15 is 0 Å². The molecule has 1 N–H and O–H groups in total. The van der Waals surface area contributed by atoms with Gasteiger partial charge in [-0.1, -0.05) is 11.6 Å². The van der Waals surface area contributed by atoms with Gasteiger partial charge in [0.25, 0.3) is 0 Å². The zero-order valence-electron chi connectivity index (χ0n) is 7.74. The van der Waals surface area contributed by atoms with Crippen LogP contribution in [-0.4, -0.2) is 5.11 Å². The molecule has 0 atom stereocenters. The standard InChI is InChI=1S/C10H4Cl2N2O2/c11-9-6-3-5(4-13)10(14-12)16-8(6)2-1-7(9)15/h1-3,15H/b14-10-. The smallest absolute Gasteiger partial charge is 0.249 e. The molecule has 0 saturated carbocycles. The Labute approximate surface area is 100 Å². The molecule has 0 radical (unpaired) electrons. The first-order valence-corrected chi connectivity index (χ1v) is 4.89. The van der Waals surface area contributed by atoms with Crippen LogP contribution in [0.4, 0.5) is 0 Å². The van der Waals surface area contributed by atoms with Crippen LogP contribution in [0.1, 0.15) is 5.56 Å². The van der Waals surface area contributed by atoms with Crippen LogP contribution in [0.2, 0.25) is 5.02 Å². The van der Waals surface area contributed by atoms with E-state index in [1.807, 2.05) is 6.07 Å². The number of fused-ring (bicyclic) bond motifs is 1. The number of phenolic OH excluding ortho intramolecular Hbond substituents is 1. The van der Waals surface area contributed by atoms with Gasteiger partial charge in [-0.2, -0.15) is 5.26 Å². The average molecular weight is 255 g/mol. The topological polar surface area (TPSA) is 69.5 Å². The van der Waals surface area contributed by atoms with Crippen LogP contribution in [0.5, 0.6) is 5.75 Å². The van der Waals surface area contributed by atoms with Gasteiger partial charge in [0.05, 0.1) is 5.02 Å². The Bertz CT molecular complexity index is 671. The highest BCUT2D eigenvalue weighted by atomic mass is 35.5. The molecule has 0 fully saturated rings. The molecule has 2 aromatic rings. The van der Waals surface area contributed by atoms with Crippen molar-refractivity contribution in [1.29, 1.82) is 5.26 Å². The molecule has 4 nitrogen and oxygen atoms in total. The summed E-state index contributed by atoms with van der Waals surface area (Å²) in [4.78, 5) is 0. The van der Waals surface area contributed by atoms with Crippen molar-refractivity contribution in [3.05, 3.63) is 34.3 Å². The molecule has 0 aliphatic carbocycles. The fourth-order valence-corrected chi connectivity index (χ4v) is 1.63. The lowest BCUT2D eigenvalue weighted by Gasteiger charge is -2.02. The quantitative estimate of drug-likeness (QED) is 0.786. The van der Waals surface area contributed by atoms with Gasteiger partial charge >= 0.3 is 0 Å². The van der Waals surface area contributed by atoms with Gasteiger partial charge in [0.2, 0.25) is 5.55 Å². The molecule has 80 valence electrons. The lowest BCUT2D eigenvalue weighted by molar-refractivity contribution is 0.475. The molecule has 1 aromatic carbocycles. The minimum absolute atomic E-state index is 0.0124. The Hall–Kier alpha value is -1.70. The van der Waals surface area contributed by atoms with Crippen LogP contribution in [0, 0.1) is 11.3 Å². The van der Waals surface area contributed by atoms with Crippen LogP contribution in [0.15, 0.2) is 27.1 Å². The predicted octanol–water partition coefficient (Wildman–Crippen LogP) is 2.72. The second kappa shape index (κ2) is 4.05. The number of nitrogens with zero attached hydrogens (tertiary/aromatic N) is 2. The Balaban J connectivity index is 2.97. The Morgan fingerprint density at radius 3 is 2.81 bits per heavy atom. The van der Waals surface area contributed by atoms with Crippen LogP contribution >= 0.6 is 23.4 Å². The van der Waals surface area contributed by atoms with E-state index in [1.165, 1.54) is 18.2 Å². The van der Waals surface area contributed by atoms with E-state index in [-0.39, 0.29) is 21.9 Å². The Morgan fingerprint density at radius 1 is 1.44 bits per heavy atom. The summed E-state index contributed by atoms with van der Waals surface area (Å²) in [5.41, 5.74) is 0.551. The van der Waals surface area contributed by atoms with Crippen LogP contribution in [0.25, 0.3) is 11.0 Å². The number of benzene rings is 1. The van der Waals surface area contributed by atoms with E-state index in [9.17, 15) is 5.11 Å². The summed E-state index contributed by atoms with van der Waals surface area (Å²) in [5.74, 6) is -0.0798. The second-order valence-electron chi connectivity index (χ2n) is 2.97. The summed E-state index contributed by atoms with van der Waals surface area (Å²) < 4.78 is 8.57. The number of hydrogen-bond donors (Lipinski definition) is 1. The number of hydrogen-bond acceptors (Lipinski definition) is 4. The number of phenols is 1. The zero-order valence-corrected chi connectivity index (χ0v) is 9.25. The number of nitriles is 1. The maximum atomic E-state index is 9.40. The second-order valence-corrected chi connectivity index (χ2v) is 3.52. The molecular formula is C10H4Cl2N2O2. The Morgan fingerprint density at radius 2 is 2.19 bits per heavy atom. The summed E-state index contributed by atoms with van der Waals surface area (Å²) >= 11 is 11.1. The van der Waals surface area contributed by atoms with Gasteiger partial charge in [-0.15, -0.1) is 4.51 Å². The molecule has 0 aliphatic heterocycles. The average Bonchev–Trinajstić information content (AvgIpc) is 2.32. The van der Waals surface area contributed by atoms with Crippen molar-refractivity contribution in [3.8, 4) is 11.8 Å². The van der Waals surface area contributed by atoms with E-state index in [0.717, 1.165) is 0 Å². The minimum Gasteiger partial charge on any atom is -0.506 e. The number of aromatic hydroxyl groups is 1. The van der Waals surface area contributed by atoms with Crippen molar-refractivity contribution in [2.75, 3.05) is 0 Å². The third-order valence-electron chi connectivity index (χ3n) is 2.04. The van der Waals surface area contributed by atoms with Crippen LogP contribution in [0.3, 0.4) is 0 Å². The van der Waals surface area contributed by atoms with E-state index in [2.05, 4.69) is 4.51 Å². The molecule has 16 heavy (non-hydrogen) atoms. The van der Waals surface area contributed by atoms with Crippen LogP contribution in [-0.2, 0) is 0 Å². The molecular weight excluding hydrogens is 251 g/mol. The van der Waals surface area contributed by atoms with Gasteiger partial charge in [-0.3, -0.25) is 0 Å². The lowest BCUT2D eigenvalue weighted by atomic mass is 10.2. The molecule has 0 bridgehead atoms. The molecule has 6 heteroatoms. The molecule has 1 heterocycles. The van der Waals surface area contributed by atoms with Crippen LogP contribution < -0.4 is 5.55 Å². The molecule has 2 rings (SSSR count). The van der Waals surface area contributed by atoms with Crippen molar-refractivity contribution < 1.29 is 9.52 Å². The first kappa shape index (κ1) is 10.8. The molecule has 0 spiro atoms. The summed E-state index contributed by atoms with van der Waals surface area (Å²) in [7, 11) is 0. The highest BCUT2D eigenvalue weighted by Crippen LogP contribution is 2.31. The summed E-state index contributed by atoms with van der Waals surface area (Å²) in [6, 6.07) is 6.24. The first-order valence-electron chi connectivity index (χ1n) is 4.18. The lowest BCUT2D eigenvalue weighted by Crippen LogP contribution is -2.04. The summed E-state index contributed by atoms with van der Waals surface area (Å²) in [6.07, 6.45) is 0. The van der Waals surface area contributed by atoms with Gasteiger partial charge in [0.1, 0.15) is 23.0 Å². The van der Waals surface area contributed by atoms with Crippen molar-refractivity contribution in [2.24, 2.45) is 4.51 Å². The van der Waals surface area contributed by atoms with Crippen molar-refractivity contribution in [1.82, 2.24) is 0 Å². The third-order valence-corrected chi connectivity index (χ3v) is 2.59. The van der Waals surface area contributed by atoms with Gasteiger partial charge in [0, 0.05) is 17.2 Å². The maximum Gasteiger partial charge on any atom is 0.249 e. The summed E-state index contributed by atoms with van der Waals surface area (Å²) in [5, 5.41) is 18.8. The summed E-state index contributed by atoms with van der Waals surface area (Å²) in [6.45, 7) is 0. The fraction of sp³-hybridized carbons (Fsp3) is 0. The Kier molecular flexibility index (Phi) is 2.73. The van der Waals surface area contributed by atoms with Crippen molar-refractivity contribution in [3.63, 3.8) is 0 Å². The minimum atomic E-state index is -0.0798. The predicted molar refractivity (Wildman–Crippen MR) is 59.0 cm³/mol. The van der Waals surface area contributed by atoms with Gasteiger partial charge in [0.15, 0.2) is 0 Å². The molecule has 0 aliphatic rings. The fourth-order valence-electron chi connectivity index (χ4n) is 1.30. The van der Waals surface area contributed by atoms with Gasteiger partial charge in [-0.05, 0) is 18.2 Å². The van der Waals surface area contributed by atoms with E-state index < -0.39 is 0 Å². The SMILES string of the molecule is N#Cc1cc2c(Cl)c(O)ccc2o/c1=N\Cl. The third kappa shape index (κ3) is 1.60. The number of rotatable bonds is 0. The van der Waals surface area contributed by atoms with Gasteiger partial charge in [-0.25, -0.2) is 0 Å². The highest BCUT2D eigenvalue weighted by Gasteiger charge is 2.09. The first-order chi connectivity index (χ1) is 7.67. The number of halogens is 2. The normalized spacial score (nSPS) is 11.7. The van der Waals surface area contributed by atoms with E-state index in [1.54, 1.807) is 0 Å². The van der Waals surface area contributed by atoms with Crippen molar-refractivity contribution >= 4 is 34.3 Å². The van der Waals surface area contributed by atoms with E-state index in [0.29, 0.717) is 11.0 Å². The van der Waals surface area contributed by atoms with Crippen molar-refractivity contribution in [2.45, 2.75) is 0 Å². The zero-order chi connectivity index (χ0) is 11.7. The molecule has 0 saturated heterocycles. The van der Waals surface area contributed by atoms with Gasteiger partial charge < -0.3 is 9.52 Å². The van der Waals surface area contributed by atoms with E-state index in [4.69, 9.17) is 33.1 Å².